The molecule has 1 aromatic carbocycles. The highest BCUT2D eigenvalue weighted by Gasteiger charge is 2.25. The van der Waals surface area contributed by atoms with Crippen molar-refractivity contribution < 1.29 is 13.9 Å². The van der Waals surface area contributed by atoms with Gasteiger partial charge in [-0.1, -0.05) is 0 Å². The van der Waals surface area contributed by atoms with E-state index in [1.165, 1.54) is 12.1 Å². The zero-order valence-corrected chi connectivity index (χ0v) is 15.4. The average molecular weight is 360 g/mol. The highest BCUT2D eigenvalue weighted by atomic mass is 19.1. The number of nitrogens with one attached hydrogen (secondary N) is 1. The van der Waals surface area contributed by atoms with Gasteiger partial charge in [-0.05, 0) is 51.5 Å². The zero-order chi connectivity index (χ0) is 18.7. The molecule has 3 rings (SSSR count). The smallest absolute Gasteiger partial charge is 0.407 e. The summed E-state index contributed by atoms with van der Waals surface area (Å²) >= 11 is 0. The van der Waals surface area contributed by atoms with Gasteiger partial charge in [0.25, 0.3) is 0 Å². The van der Waals surface area contributed by atoms with Gasteiger partial charge in [0.1, 0.15) is 11.4 Å². The zero-order valence-electron chi connectivity index (χ0n) is 15.4. The van der Waals surface area contributed by atoms with Gasteiger partial charge in [-0.3, -0.25) is 4.68 Å². The van der Waals surface area contributed by atoms with Crippen molar-refractivity contribution in [3.05, 3.63) is 48.0 Å². The van der Waals surface area contributed by atoms with Crippen molar-refractivity contribution in [2.45, 2.75) is 45.4 Å². The maximum Gasteiger partial charge on any atom is 0.407 e. The third-order valence-electron chi connectivity index (χ3n) is 4.22. The fraction of sp³-hybridized carbons (Fsp3) is 0.474. The average Bonchev–Trinajstić information content (AvgIpc) is 3.21. The number of anilines is 1. The summed E-state index contributed by atoms with van der Waals surface area (Å²) in [6.07, 6.45) is 4.25. The van der Waals surface area contributed by atoms with E-state index in [1.54, 1.807) is 18.3 Å². The van der Waals surface area contributed by atoms with Gasteiger partial charge in [0.05, 0.1) is 12.2 Å². The number of benzene rings is 1. The maximum absolute atomic E-state index is 13.1. The summed E-state index contributed by atoms with van der Waals surface area (Å²) in [4.78, 5) is 14.0. The minimum absolute atomic E-state index is 0.223. The molecule has 2 aromatic rings. The van der Waals surface area contributed by atoms with Gasteiger partial charge in [-0.25, -0.2) is 9.18 Å². The summed E-state index contributed by atoms with van der Waals surface area (Å²) in [7, 11) is 0. The SMILES string of the molecule is CC(C)(C)OC(=O)NCc1cnn(C2CCN(c3ccc(F)cc3)C2)c1. The molecule has 1 atom stereocenters. The second-order valence-corrected chi connectivity index (χ2v) is 7.55. The molecule has 1 fully saturated rings. The highest BCUT2D eigenvalue weighted by Crippen LogP contribution is 2.26. The molecule has 0 spiro atoms. The lowest BCUT2D eigenvalue weighted by molar-refractivity contribution is 0.0523. The number of hydrogen-bond acceptors (Lipinski definition) is 4. The molecule has 6 nitrogen and oxygen atoms in total. The molecule has 1 N–H and O–H groups in total. The lowest BCUT2D eigenvalue weighted by Gasteiger charge is -2.19. The van der Waals surface area contributed by atoms with Gasteiger partial charge in [-0.2, -0.15) is 5.10 Å². The highest BCUT2D eigenvalue weighted by molar-refractivity contribution is 5.67. The molecule has 1 amide bonds. The van der Waals surface area contributed by atoms with Crippen molar-refractivity contribution in [1.29, 1.82) is 0 Å². The van der Waals surface area contributed by atoms with Crippen LogP contribution in [-0.4, -0.2) is 34.6 Å². The number of carbonyl (C=O) groups is 1. The Morgan fingerprint density at radius 2 is 2.08 bits per heavy atom. The first kappa shape index (κ1) is 18.2. The largest absolute Gasteiger partial charge is 0.444 e. The Labute approximate surface area is 152 Å². The summed E-state index contributed by atoms with van der Waals surface area (Å²) in [5.41, 5.74) is 1.44. The van der Waals surface area contributed by atoms with E-state index in [0.29, 0.717) is 6.54 Å². The molecule has 0 bridgehead atoms. The number of ether oxygens (including phenoxy) is 1. The van der Waals surface area contributed by atoms with Crippen LogP contribution in [0.5, 0.6) is 0 Å². The number of halogens is 1. The van der Waals surface area contributed by atoms with Gasteiger partial charge in [0, 0.05) is 37.1 Å². The predicted octanol–water partition coefficient (Wildman–Crippen LogP) is 3.50. The number of nitrogens with zero attached hydrogens (tertiary/aromatic N) is 3. The minimum atomic E-state index is -0.512. The Morgan fingerprint density at radius 1 is 1.35 bits per heavy atom. The van der Waals surface area contributed by atoms with Crippen LogP contribution in [0.1, 0.15) is 38.8 Å². The number of hydrogen-bond donors (Lipinski definition) is 1. The molecule has 1 saturated heterocycles. The van der Waals surface area contributed by atoms with E-state index >= 15 is 0 Å². The van der Waals surface area contributed by atoms with Crippen molar-refractivity contribution in [1.82, 2.24) is 15.1 Å². The first-order valence-corrected chi connectivity index (χ1v) is 8.80. The van der Waals surface area contributed by atoms with Gasteiger partial charge >= 0.3 is 6.09 Å². The number of aromatic nitrogens is 2. The normalized spacial score (nSPS) is 17.4. The molecule has 0 saturated carbocycles. The van der Waals surface area contributed by atoms with E-state index in [-0.39, 0.29) is 11.9 Å². The minimum Gasteiger partial charge on any atom is -0.444 e. The van der Waals surface area contributed by atoms with Crippen molar-refractivity contribution in [2.24, 2.45) is 0 Å². The topological polar surface area (TPSA) is 59.4 Å². The van der Waals surface area contributed by atoms with Gasteiger partial charge in [-0.15, -0.1) is 0 Å². The van der Waals surface area contributed by atoms with Crippen LogP contribution in [0.25, 0.3) is 0 Å². The third-order valence-corrected chi connectivity index (χ3v) is 4.22. The summed E-state index contributed by atoms with van der Waals surface area (Å²) in [6.45, 7) is 7.60. The predicted molar refractivity (Wildman–Crippen MR) is 97.6 cm³/mol. The van der Waals surface area contributed by atoms with E-state index in [1.807, 2.05) is 31.6 Å². The van der Waals surface area contributed by atoms with E-state index in [2.05, 4.69) is 15.3 Å². The molecule has 0 radical (unpaired) electrons. The van der Waals surface area contributed by atoms with Crippen molar-refractivity contribution in [2.75, 3.05) is 18.0 Å². The second-order valence-electron chi connectivity index (χ2n) is 7.55. The molecular weight excluding hydrogens is 335 g/mol. The van der Waals surface area contributed by atoms with Crippen LogP contribution in [-0.2, 0) is 11.3 Å². The molecule has 1 aliphatic rings. The molecule has 7 heteroatoms. The third kappa shape index (κ3) is 4.74. The van der Waals surface area contributed by atoms with E-state index in [9.17, 15) is 9.18 Å². The van der Waals surface area contributed by atoms with Gasteiger partial charge < -0.3 is 15.0 Å². The van der Waals surface area contributed by atoms with E-state index < -0.39 is 11.7 Å². The van der Waals surface area contributed by atoms with Crippen LogP contribution in [0.2, 0.25) is 0 Å². The quantitative estimate of drug-likeness (QED) is 0.907. The molecule has 0 aliphatic carbocycles. The maximum atomic E-state index is 13.1. The Hall–Kier alpha value is -2.57. The summed E-state index contributed by atoms with van der Waals surface area (Å²) < 4.78 is 20.2. The Kier molecular flexibility index (Phi) is 5.15. The fourth-order valence-electron chi connectivity index (χ4n) is 3.00. The van der Waals surface area contributed by atoms with Crippen LogP contribution in [0.4, 0.5) is 14.9 Å². The van der Waals surface area contributed by atoms with E-state index in [0.717, 1.165) is 30.8 Å². The first-order chi connectivity index (χ1) is 12.3. The van der Waals surface area contributed by atoms with E-state index in [4.69, 9.17) is 4.74 Å². The molecule has 2 heterocycles. The Balaban J connectivity index is 1.53. The van der Waals surface area contributed by atoms with Crippen molar-refractivity contribution in [3.63, 3.8) is 0 Å². The Bertz CT molecular complexity index is 752. The van der Waals surface area contributed by atoms with Crippen molar-refractivity contribution >= 4 is 11.8 Å². The molecule has 1 aliphatic heterocycles. The number of amides is 1. The Morgan fingerprint density at radius 3 is 2.77 bits per heavy atom. The summed E-state index contributed by atoms with van der Waals surface area (Å²) in [5.74, 6) is -0.223. The van der Waals surface area contributed by atoms with Gasteiger partial charge in [0.2, 0.25) is 0 Å². The fourth-order valence-corrected chi connectivity index (χ4v) is 3.00. The van der Waals surface area contributed by atoms with Crippen LogP contribution >= 0.6 is 0 Å². The molecule has 26 heavy (non-hydrogen) atoms. The second kappa shape index (κ2) is 7.35. The first-order valence-electron chi connectivity index (χ1n) is 8.80. The van der Waals surface area contributed by atoms with Crippen LogP contribution in [0.15, 0.2) is 36.7 Å². The molecular formula is C19H25FN4O2. The monoisotopic (exact) mass is 360 g/mol. The number of alkyl carbamates (subject to hydrolysis) is 1. The van der Waals surface area contributed by atoms with Crippen LogP contribution < -0.4 is 10.2 Å². The standard InChI is InChI=1S/C19H25FN4O2/c1-19(2,3)26-18(25)21-10-14-11-22-24(12-14)17-8-9-23(13-17)16-6-4-15(20)5-7-16/h4-7,11-12,17H,8-10,13H2,1-3H3,(H,21,25). The molecule has 1 unspecified atom stereocenters. The number of rotatable bonds is 4. The lowest BCUT2D eigenvalue weighted by atomic mass is 10.2. The van der Waals surface area contributed by atoms with Crippen LogP contribution in [0.3, 0.4) is 0 Å². The molecule has 140 valence electrons. The van der Waals surface area contributed by atoms with Gasteiger partial charge in [0.15, 0.2) is 0 Å². The van der Waals surface area contributed by atoms with Crippen LogP contribution in [0, 0.1) is 5.82 Å². The summed E-state index contributed by atoms with van der Waals surface area (Å²) in [5, 5.41) is 7.17. The molecule has 1 aromatic heterocycles. The van der Waals surface area contributed by atoms with Crippen molar-refractivity contribution in [3.8, 4) is 0 Å². The lowest BCUT2D eigenvalue weighted by Crippen LogP contribution is -2.32. The number of carbonyl (C=O) groups excluding carboxylic acids is 1. The summed E-state index contributed by atoms with van der Waals surface area (Å²) in [6, 6.07) is 6.83.